The van der Waals surface area contributed by atoms with Crippen LogP contribution in [0.15, 0.2) is 0 Å². The van der Waals surface area contributed by atoms with Gasteiger partial charge in [-0.1, -0.05) is 40.0 Å². The third-order valence-corrected chi connectivity index (χ3v) is 3.97. The van der Waals surface area contributed by atoms with Crippen LogP contribution in [0, 0.1) is 0 Å². The molecular weight excluding hydrogens is 208 g/mol. The average Bonchev–Trinajstić information content (AvgIpc) is 2.35. The van der Waals surface area contributed by atoms with E-state index in [4.69, 9.17) is 0 Å². The van der Waals surface area contributed by atoms with Crippen LogP contribution in [0.3, 0.4) is 0 Å². The molecule has 2 nitrogen and oxygen atoms in total. The molecule has 0 amide bonds. The molecule has 1 aliphatic heterocycles. The predicted octanol–water partition coefficient (Wildman–Crippen LogP) is 3.42. The summed E-state index contributed by atoms with van der Waals surface area (Å²) >= 11 is 0. The van der Waals surface area contributed by atoms with Gasteiger partial charge in [-0.2, -0.15) is 0 Å². The van der Waals surface area contributed by atoms with Gasteiger partial charge in [0.25, 0.3) is 0 Å². The molecule has 2 unspecified atom stereocenters. The van der Waals surface area contributed by atoms with Crippen molar-refractivity contribution in [1.82, 2.24) is 10.2 Å². The first-order valence-electron chi connectivity index (χ1n) is 7.79. The van der Waals surface area contributed by atoms with E-state index in [0.29, 0.717) is 0 Å². The summed E-state index contributed by atoms with van der Waals surface area (Å²) < 4.78 is 0. The molecule has 0 saturated carbocycles. The number of likely N-dealkylation sites (N-methyl/N-ethyl adjacent to an activating group) is 1. The van der Waals surface area contributed by atoms with Gasteiger partial charge in [0.1, 0.15) is 0 Å². The van der Waals surface area contributed by atoms with Crippen molar-refractivity contribution in [1.29, 1.82) is 0 Å². The summed E-state index contributed by atoms with van der Waals surface area (Å²) in [4.78, 5) is 2.76. The molecule has 0 bridgehead atoms. The first-order valence-corrected chi connectivity index (χ1v) is 7.79. The van der Waals surface area contributed by atoms with Gasteiger partial charge in [0.05, 0.1) is 0 Å². The van der Waals surface area contributed by atoms with Crippen LogP contribution < -0.4 is 5.32 Å². The van der Waals surface area contributed by atoms with Crippen LogP contribution in [0.2, 0.25) is 0 Å². The largest absolute Gasteiger partial charge is 0.313 e. The van der Waals surface area contributed by atoms with Gasteiger partial charge in [0, 0.05) is 18.6 Å². The number of rotatable bonds is 8. The maximum Gasteiger partial charge on any atom is 0.0195 e. The van der Waals surface area contributed by atoms with Gasteiger partial charge < -0.3 is 5.32 Å². The summed E-state index contributed by atoms with van der Waals surface area (Å²) in [7, 11) is 0. The molecule has 0 aromatic rings. The summed E-state index contributed by atoms with van der Waals surface area (Å²) in [5, 5.41) is 3.63. The van der Waals surface area contributed by atoms with Crippen molar-refractivity contribution in [2.45, 2.75) is 77.8 Å². The minimum absolute atomic E-state index is 0.745. The Bertz CT molecular complexity index is 180. The van der Waals surface area contributed by atoms with Crippen LogP contribution in [0.4, 0.5) is 0 Å². The topological polar surface area (TPSA) is 15.3 Å². The lowest BCUT2D eigenvalue weighted by Crippen LogP contribution is -2.49. The number of unbranched alkanes of at least 4 members (excludes halogenated alkanes) is 1. The molecule has 1 saturated heterocycles. The molecule has 2 atom stereocenters. The van der Waals surface area contributed by atoms with E-state index in [1.807, 2.05) is 0 Å². The van der Waals surface area contributed by atoms with Gasteiger partial charge in [-0.3, -0.25) is 4.90 Å². The Morgan fingerprint density at radius 2 is 2.00 bits per heavy atom. The zero-order valence-corrected chi connectivity index (χ0v) is 12.2. The highest BCUT2D eigenvalue weighted by Gasteiger charge is 2.24. The van der Waals surface area contributed by atoms with E-state index in [1.165, 1.54) is 58.0 Å². The van der Waals surface area contributed by atoms with Crippen molar-refractivity contribution >= 4 is 0 Å². The molecule has 102 valence electrons. The van der Waals surface area contributed by atoms with Crippen LogP contribution in [0.1, 0.15) is 65.7 Å². The minimum atomic E-state index is 0.745. The van der Waals surface area contributed by atoms with Crippen molar-refractivity contribution in [3.8, 4) is 0 Å². The van der Waals surface area contributed by atoms with E-state index in [0.717, 1.165) is 18.6 Å². The minimum Gasteiger partial charge on any atom is -0.313 e. The molecule has 1 aliphatic rings. The number of hydrogen-bond acceptors (Lipinski definition) is 2. The fraction of sp³-hybridized carbons (Fsp3) is 1.00. The van der Waals surface area contributed by atoms with Gasteiger partial charge in [-0.05, 0) is 38.8 Å². The quantitative estimate of drug-likeness (QED) is 0.699. The van der Waals surface area contributed by atoms with Crippen LogP contribution in [0.5, 0.6) is 0 Å². The molecule has 0 aliphatic carbocycles. The Kier molecular flexibility index (Phi) is 7.87. The van der Waals surface area contributed by atoms with Crippen molar-refractivity contribution < 1.29 is 0 Å². The maximum absolute atomic E-state index is 3.63. The van der Waals surface area contributed by atoms with Crippen molar-refractivity contribution in [2.24, 2.45) is 0 Å². The highest BCUT2D eigenvalue weighted by Crippen LogP contribution is 2.20. The molecule has 1 fully saturated rings. The van der Waals surface area contributed by atoms with Gasteiger partial charge >= 0.3 is 0 Å². The molecule has 0 aromatic heterocycles. The van der Waals surface area contributed by atoms with E-state index < -0.39 is 0 Å². The first kappa shape index (κ1) is 15.0. The number of likely N-dealkylation sites (tertiary alicyclic amines) is 1. The molecule has 0 aromatic carbocycles. The summed E-state index contributed by atoms with van der Waals surface area (Å²) in [6, 6.07) is 1.59. The lowest BCUT2D eigenvalue weighted by atomic mass is 9.98. The number of nitrogens with one attached hydrogen (secondary N) is 1. The fourth-order valence-corrected chi connectivity index (χ4v) is 3.08. The third kappa shape index (κ3) is 5.39. The van der Waals surface area contributed by atoms with E-state index in [-0.39, 0.29) is 0 Å². The van der Waals surface area contributed by atoms with Gasteiger partial charge in [-0.15, -0.1) is 0 Å². The highest BCUT2D eigenvalue weighted by molar-refractivity contribution is 4.82. The molecule has 1 heterocycles. The summed E-state index contributed by atoms with van der Waals surface area (Å²) in [6.45, 7) is 10.6. The summed E-state index contributed by atoms with van der Waals surface area (Å²) in [6.07, 6.45) is 9.61. The van der Waals surface area contributed by atoms with E-state index in [1.54, 1.807) is 0 Å². The fourth-order valence-electron chi connectivity index (χ4n) is 3.08. The molecule has 0 radical (unpaired) electrons. The standard InChI is InChI=1S/C15H32N2/c1-4-7-11-15(9-5-2)17-12-8-10-14(13-17)16-6-3/h14-16H,4-13H2,1-3H3. The predicted molar refractivity (Wildman–Crippen MR) is 76.5 cm³/mol. The molecule has 1 N–H and O–H groups in total. The van der Waals surface area contributed by atoms with Crippen LogP contribution in [-0.2, 0) is 0 Å². The SMILES string of the molecule is CCCCC(CCC)N1CCCC(NCC)C1. The van der Waals surface area contributed by atoms with Gasteiger partial charge in [0.15, 0.2) is 0 Å². The summed E-state index contributed by atoms with van der Waals surface area (Å²) in [5.41, 5.74) is 0. The Morgan fingerprint density at radius 1 is 1.18 bits per heavy atom. The van der Waals surface area contributed by atoms with Crippen molar-refractivity contribution in [3.05, 3.63) is 0 Å². The van der Waals surface area contributed by atoms with Crippen molar-refractivity contribution in [2.75, 3.05) is 19.6 Å². The molecule has 1 rings (SSSR count). The Balaban J connectivity index is 2.41. The van der Waals surface area contributed by atoms with Crippen LogP contribution in [0.25, 0.3) is 0 Å². The monoisotopic (exact) mass is 240 g/mol. The van der Waals surface area contributed by atoms with E-state index in [2.05, 4.69) is 31.0 Å². The lowest BCUT2D eigenvalue weighted by Gasteiger charge is -2.38. The second-order valence-electron chi connectivity index (χ2n) is 5.48. The highest BCUT2D eigenvalue weighted by atomic mass is 15.2. The zero-order valence-electron chi connectivity index (χ0n) is 12.2. The molecule has 2 heteroatoms. The van der Waals surface area contributed by atoms with E-state index in [9.17, 15) is 0 Å². The third-order valence-electron chi connectivity index (χ3n) is 3.97. The van der Waals surface area contributed by atoms with Crippen molar-refractivity contribution in [3.63, 3.8) is 0 Å². The van der Waals surface area contributed by atoms with E-state index >= 15 is 0 Å². The Labute approximate surface area is 108 Å². The zero-order chi connectivity index (χ0) is 12.5. The lowest BCUT2D eigenvalue weighted by molar-refractivity contribution is 0.122. The number of hydrogen-bond donors (Lipinski definition) is 1. The maximum atomic E-state index is 3.63. The Hall–Kier alpha value is -0.0800. The Morgan fingerprint density at radius 3 is 2.65 bits per heavy atom. The van der Waals surface area contributed by atoms with Crippen LogP contribution >= 0.6 is 0 Å². The molecular formula is C15H32N2. The number of nitrogens with zero attached hydrogens (tertiary/aromatic N) is 1. The second kappa shape index (κ2) is 8.93. The second-order valence-corrected chi connectivity index (χ2v) is 5.48. The average molecular weight is 240 g/mol. The first-order chi connectivity index (χ1) is 8.31. The summed E-state index contributed by atoms with van der Waals surface area (Å²) in [5.74, 6) is 0. The smallest absolute Gasteiger partial charge is 0.0195 e. The molecule has 17 heavy (non-hydrogen) atoms. The van der Waals surface area contributed by atoms with Gasteiger partial charge in [-0.25, -0.2) is 0 Å². The van der Waals surface area contributed by atoms with Crippen LogP contribution in [-0.4, -0.2) is 36.6 Å². The normalized spacial score (nSPS) is 23.8. The molecule has 0 spiro atoms. The van der Waals surface area contributed by atoms with Gasteiger partial charge in [0.2, 0.25) is 0 Å². The number of piperidine rings is 1.